The quantitative estimate of drug-likeness (QED) is 0.621. The Hall–Kier alpha value is -1.71. The van der Waals surface area contributed by atoms with Crippen LogP contribution in [0.1, 0.15) is 23.3 Å². The van der Waals surface area contributed by atoms with Crippen molar-refractivity contribution in [3.63, 3.8) is 0 Å². The molecule has 2 rings (SSSR count). The van der Waals surface area contributed by atoms with E-state index in [-0.39, 0.29) is 5.78 Å². The largest absolute Gasteiger partial charge is 0.439 e. The number of rotatable bonds is 1. The maximum Gasteiger partial charge on any atom is 0.199 e. The van der Waals surface area contributed by atoms with Gasteiger partial charge in [0.25, 0.3) is 0 Å². The molecule has 13 heavy (non-hydrogen) atoms. The van der Waals surface area contributed by atoms with Crippen LogP contribution in [0, 0.1) is 6.92 Å². The molecule has 0 N–H and O–H groups in total. The summed E-state index contributed by atoms with van der Waals surface area (Å²) >= 11 is 0. The van der Waals surface area contributed by atoms with Crippen LogP contribution in [0.2, 0.25) is 0 Å². The highest BCUT2D eigenvalue weighted by Crippen LogP contribution is 2.13. The van der Waals surface area contributed by atoms with E-state index in [1.54, 1.807) is 19.1 Å². The summed E-state index contributed by atoms with van der Waals surface area (Å²) in [6.45, 7) is 3.22. The van der Waals surface area contributed by atoms with Gasteiger partial charge in [-0.25, -0.2) is 4.98 Å². The number of Topliss-reactive ketones (excluding diaryl/α,β-unsaturated/α-hetero) is 1. The van der Waals surface area contributed by atoms with Gasteiger partial charge in [-0.2, -0.15) is 4.98 Å². The number of ketones is 1. The Balaban J connectivity index is 2.67. The van der Waals surface area contributed by atoms with Gasteiger partial charge in [0.15, 0.2) is 22.9 Å². The van der Waals surface area contributed by atoms with Crippen molar-refractivity contribution < 1.29 is 9.21 Å². The molecule has 66 valence electrons. The molecule has 0 aliphatic carbocycles. The molecular formula is C9H8N2O2. The first-order chi connectivity index (χ1) is 6.16. The molecule has 2 aromatic heterocycles. The van der Waals surface area contributed by atoms with E-state index in [1.807, 2.05) is 0 Å². The number of carbonyl (C=O) groups excluding carboxylic acids is 1. The predicted molar refractivity (Wildman–Crippen MR) is 46.5 cm³/mol. The lowest BCUT2D eigenvalue weighted by atomic mass is 10.3. The maximum absolute atomic E-state index is 11.0. The molecule has 0 spiro atoms. The molecule has 0 aliphatic heterocycles. The van der Waals surface area contributed by atoms with Crippen molar-refractivity contribution in [1.29, 1.82) is 0 Å². The van der Waals surface area contributed by atoms with Crippen LogP contribution in [-0.2, 0) is 0 Å². The molecule has 0 aromatic carbocycles. The first kappa shape index (κ1) is 7.91. The van der Waals surface area contributed by atoms with E-state index in [2.05, 4.69) is 9.97 Å². The van der Waals surface area contributed by atoms with E-state index < -0.39 is 0 Å². The van der Waals surface area contributed by atoms with Gasteiger partial charge in [-0.05, 0) is 12.1 Å². The van der Waals surface area contributed by atoms with Gasteiger partial charge in [0, 0.05) is 13.8 Å². The number of hydrogen-bond acceptors (Lipinski definition) is 4. The minimum absolute atomic E-state index is 0.0671. The molecule has 0 aliphatic rings. The second-order valence-corrected chi connectivity index (χ2v) is 2.81. The minimum Gasteiger partial charge on any atom is -0.439 e. The minimum atomic E-state index is -0.0671. The number of oxazole rings is 1. The van der Waals surface area contributed by atoms with Crippen molar-refractivity contribution in [2.24, 2.45) is 0 Å². The topological polar surface area (TPSA) is 56.0 Å². The summed E-state index contributed by atoms with van der Waals surface area (Å²) in [6, 6.07) is 3.34. The van der Waals surface area contributed by atoms with Crippen LogP contribution in [0.3, 0.4) is 0 Å². The monoisotopic (exact) mass is 176 g/mol. The van der Waals surface area contributed by atoms with Crippen LogP contribution in [0.25, 0.3) is 11.2 Å². The fraction of sp³-hybridized carbons (Fsp3) is 0.222. The molecule has 0 amide bonds. The number of aryl methyl sites for hydroxylation is 1. The van der Waals surface area contributed by atoms with Gasteiger partial charge >= 0.3 is 0 Å². The van der Waals surface area contributed by atoms with Crippen molar-refractivity contribution in [2.75, 3.05) is 0 Å². The average molecular weight is 176 g/mol. The molecule has 0 radical (unpaired) electrons. The number of pyridine rings is 1. The zero-order valence-electron chi connectivity index (χ0n) is 7.37. The Morgan fingerprint density at radius 2 is 2.15 bits per heavy atom. The lowest BCUT2D eigenvalue weighted by Gasteiger charge is -1.91. The van der Waals surface area contributed by atoms with Crippen molar-refractivity contribution in [1.82, 2.24) is 9.97 Å². The Morgan fingerprint density at radius 3 is 2.85 bits per heavy atom. The third-order valence-electron chi connectivity index (χ3n) is 1.72. The molecular weight excluding hydrogens is 168 g/mol. The zero-order chi connectivity index (χ0) is 9.42. The van der Waals surface area contributed by atoms with Crippen LogP contribution in [0.5, 0.6) is 0 Å². The second-order valence-electron chi connectivity index (χ2n) is 2.81. The van der Waals surface area contributed by atoms with E-state index >= 15 is 0 Å². The molecule has 0 atom stereocenters. The standard InChI is InChI=1S/C9H8N2O2/c1-5(12)7-3-4-8-9(11-7)10-6(2)13-8/h3-4H,1-2H3. The van der Waals surface area contributed by atoms with Crippen LogP contribution >= 0.6 is 0 Å². The van der Waals surface area contributed by atoms with Crippen LogP contribution in [0.4, 0.5) is 0 Å². The van der Waals surface area contributed by atoms with Crippen molar-refractivity contribution in [2.45, 2.75) is 13.8 Å². The molecule has 0 unspecified atom stereocenters. The first-order valence-electron chi connectivity index (χ1n) is 3.92. The van der Waals surface area contributed by atoms with Gasteiger partial charge in [0.1, 0.15) is 5.69 Å². The van der Waals surface area contributed by atoms with Crippen LogP contribution < -0.4 is 0 Å². The molecule has 4 heteroatoms. The average Bonchev–Trinajstić information content (AvgIpc) is 2.42. The normalized spacial score (nSPS) is 10.6. The van der Waals surface area contributed by atoms with Gasteiger partial charge in [0.2, 0.25) is 0 Å². The fourth-order valence-corrected chi connectivity index (χ4v) is 1.12. The molecule has 4 nitrogen and oxygen atoms in total. The summed E-state index contributed by atoms with van der Waals surface area (Å²) in [7, 11) is 0. The van der Waals surface area contributed by atoms with Crippen LogP contribution in [0.15, 0.2) is 16.5 Å². The summed E-state index contributed by atoms with van der Waals surface area (Å²) in [5.74, 6) is 0.491. The smallest absolute Gasteiger partial charge is 0.199 e. The number of nitrogens with zero attached hydrogens (tertiary/aromatic N) is 2. The summed E-state index contributed by atoms with van der Waals surface area (Å²) in [5, 5.41) is 0. The van der Waals surface area contributed by atoms with Crippen molar-refractivity contribution >= 4 is 17.0 Å². The number of aromatic nitrogens is 2. The first-order valence-corrected chi connectivity index (χ1v) is 3.92. The maximum atomic E-state index is 11.0. The molecule has 0 saturated heterocycles. The van der Waals surface area contributed by atoms with E-state index in [1.165, 1.54) is 6.92 Å². The molecule has 2 aromatic rings. The third kappa shape index (κ3) is 1.30. The van der Waals surface area contributed by atoms with Gasteiger partial charge in [-0.3, -0.25) is 4.79 Å². The van der Waals surface area contributed by atoms with E-state index in [0.29, 0.717) is 22.8 Å². The van der Waals surface area contributed by atoms with Gasteiger partial charge in [-0.1, -0.05) is 0 Å². The second kappa shape index (κ2) is 2.65. The van der Waals surface area contributed by atoms with E-state index in [0.717, 1.165) is 0 Å². The van der Waals surface area contributed by atoms with Gasteiger partial charge in [-0.15, -0.1) is 0 Å². The third-order valence-corrected chi connectivity index (χ3v) is 1.72. The summed E-state index contributed by atoms with van der Waals surface area (Å²) in [5.41, 5.74) is 1.52. The highest BCUT2D eigenvalue weighted by Gasteiger charge is 2.06. The van der Waals surface area contributed by atoms with Crippen molar-refractivity contribution in [3.05, 3.63) is 23.7 Å². The Morgan fingerprint density at radius 1 is 1.38 bits per heavy atom. The number of fused-ring (bicyclic) bond motifs is 1. The van der Waals surface area contributed by atoms with E-state index in [9.17, 15) is 4.79 Å². The lowest BCUT2D eigenvalue weighted by molar-refractivity contribution is 0.101. The summed E-state index contributed by atoms with van der Waals surface area (Å²) in [4.78, 5) is 19.0. The highest BCUT2D eigenvalue weighted by molar-refractivity contribution is 5.93. The highest BCUT2D eigenvalue weighted by atomic mass is 16.3. The molecule has 0 bridgehead atoms. The fourth-order valence-electron chi connectivity index (χ4n) is 1.12. The van der Waals surface area contributed by atoms with Crippen LogP contribution in [-0.4, -0.2) is 15.8 Å². The zero-order valence-corrected chi connectivity index (χ0v) is 7.37. The van der Waals surface area contributed by atoms with Gasteiger partial charge in [0.05, 0.1) is 0 Å². The molecule has 0 fully saturated rings. The number of hydrogen-bond donors (Lipinski definition) is 0. The predicted octanol–water partition coefficient (Wildman–Crippen LogP) is 1.73. The number of carbonyl (C=O) groups is 1. The Bertz CT molecular complexity index is 473. The van der Waals surface area contributed by atoms with Crippen molar-refractivity contribution in [3.8, 4) is 0 Å². The Kier molecular flexibility index (Phi) is 1.62. The SMILES string of the molecule is CC(=O)c1ccc2oc(C)nc2n1. The molecule has 2 heterocycles. The molecule has 0 saturated carbocycles. The van der Waals surface area contributed by atoms with Gasteiger partial charge < -0.3 is 4.42 Å². The summed E-state index contributed by atoms with van der Waals surface area (Å²) in [6.07, 6.45) is 0. The van der Waals surface area contributed by atoms with E-state index in [4.69, 9.17) is 4.42 Å². The Labute approximate surface area is 74.6 Å². The summed E-state index contributed by atoms with van der Waals surface area (Å²) < 4.78 is 5.22. The lowest BCUT2D eigenvalue weighted by Crippen LogP contribution is -1.95.